The number of nitrogens with zero attached hydrogens (tertiary/aromatic N) is 1. The third-order valence-corrected chi connectivity index (χ3v) is 5.85. The molecule has 150 valence electrons. The average Bonchev–Trinajstić information content (AvgIpc) is 2.72. The van der Waals surface area contributed by atoms with Crippen LogP contribution in [0, 0.1) is 18.3 Å². The van der Waals surface area contributed by atoms with Gasteiger partial charge in [-0.1, -0.05) is 12.0 Å². The van der Waals surface area contributed by atoms with Gasteiger partial charge in [-0.2, -0.15) is 0 Å². The van der Waals surface area contributed by atoms with Crippen molar-refractivity contribution in [2.75, 3.05) is 13.2 Å². The van der Waals surface area contributed by atoms with Crippen LogP contribution in [0.25, 0.3) is 0 Å². The Balaban J connectivity index is 1.82. The average molecular weight is 391 g/mol. The van der Waals surface area contributed by atoms with Crippen LogP contribution in [0.1, 0.15) is 56.9 Å². The lowest BCUT2D eigenvalue weighted by Gasteiger charge is -2.38. The van der Waals surface area contributed by atoms with E-state index in [9.17, 15) is 9.59 Å². The Morgan fingerprint density at radius 3 is 2.69 bits per heavy atom. The predicted molar refractivity (Wildman–Crippen MR) is 110 cm³/mol. The first-order valence-electron chi connectivity index (χ1n) is 10.3. The molecule has 3 aliphatic rings. The van der Waals surface area contributed by atoms with Crippen molar-refractivity contribution in [3.8, 4) is 23.8 Å². The second kappa shape index (κ2) is 8.24. The molecule has 1 unspecified atom stereocenters. The molecular weight excluding hydrogens is 366 g/mol. The van der Waals surface area contributed by atoms with Gasteiger partial charge >= 0.3 is 0 Å². The number of hydrogen-bond donors (Lipinski definition) is 0. The molecule has 0 amide bonds. The molecule has 1 heterocycles. The highest BCUT2D eigenvalue weighted by Crippen LogP contribution is 2.47. The Labute approximate surface area is 171 Å². The van der Waals surface area contributed by atoms with Crippen LogP contribution in [0.4, 0.5) is 0 Å². The van der Waals surface area contributed by atoms with Crippen LogP contribution in [0.15, 0.2) is 34.5 Å². The summed E-state index contributed by atoms with van der Waals surface area (Å²) < 4.78 is 11.4. The van der Waals surface area contributed by atoms with Crippen LogP contribution in [-0.2, 0) is 9.59 Å². The zero-order valence-electron chi connectivity index (χ0n) is 16.7. The summed E-state index contributed by atoms with van der Waals surface area (Å²) in [6.45, 7) is 2.52. The second-order valence-electron chi connectivity index (χ2n) is 7.65. The first-order valence-corrected chi connectivity index (χ1v) is 10.3. The van der Waals surface area contributed by atoms with Crippen molar-refractivity contribution in [1.82, 2.24) is 0 Å². The summed E-state index contributed by atoms with van der Waals surface area (Å²) >= 11 is 0. The van der Waals surface area contributed by atoms with Gasteiger partial charge in [-0.15, -0.1) is 6.42 Å². The Morgan fingerprint density at radius 2 is 1.90 bits per heavy atom. The van der Waals surface area contributed by atoms with Crippen molar-refractivity contribution in [3.05, 3.63) is 35.0 Å². The first-order chi connectivity index (χ1) is 14.1. The van der Waals surface area contributed by atoms with E-state index in [4.69, 9.17) is 20.9 Å². The summed E-state index contributed by atoms with van der Waals surface area (Å²) in [5.41, 5.74) is 3.43. The molecule has 0 bridgehead atoms. The topological polar surface area (TPSA) is 65.0 Å². The van der Waals surface area contributed by atoms with Crippen molar-refractivity contribution in [1.29, 1.82) is 0 Å². The van der Waals surface area contributed by atoms with Gasteiger partial charge in [0.25, 0.3) is 0 Å². The van der Waals surface area contributed by atoms with E-state index >= 15 is 0 Å². The van der Waals surface area contributed by atoms with Crippen LogP contribution in [0.2, 0.25) is 0 Å². The zero-order chi connectivity index (χ0) is 20.4. The largest absolute Gasteiger partial charge is 0.490 e. The molecule has 1 aromatic carbocycles. The number of hydrogen-bond acceptors (Lipinski definition) is 5. The molecule has 1 aromatic rings. The maximum atomic E-state index is 12.9. The minimum Gasteiger partial charge on any atom is -0.490 e. The molecule has 2 aliphatic carbocycles. The van der Waals surface area contributed by atoms with Crippen molar-refractivity contribution < 1.29 is 19.1 Å². The van der Waals surface area contributed by atoms with Gasteiger partial charge in [0.15, 0.2) is 17.3 Å². The van der Waals surface area contributed by atoms with Crippen LogP contribution in [-0.4, -0.2) is 30.5 Å². The molecular formula is C24H25NO4. The van der Waals surface area contributed by atoms with Crippen molar-refractivity contribution in [2.45, 2.75) is 51.4 Å². The molecule has 0 radical (unpaired) electrons. The number of ether oxygens (including phenoxy) is 2. The van der Waals surface area contributed by atoms with Gasteiger partial charge in [-0.25, -0.2) is 0 Å². The normalized spacial score (nSPS) is 23.7. The molecule has 4 rings (SSSR count). The Bertz CT molecular complexity index is 950. The quantitative estimate of drug-likeness (QED) is 0.712. The Morgan fingerprint density at radius 1 is 1.07 bits per heavy atom. The third-order valence-electron chi connectivity index (χ3n) is 5.85. The SMILES string of the molecule is C#CCOc1ccc([C@H]2C3=C(CCCC3=O)N=C3CCCC(=O)C32)cc1OCC. The number of benzene rings is 1. The van der Waals surface area contributed by atoms with E-state index in [0.29, 0.717) is 30.9 Å². The zero-order valence-corrected chi connectivity index (χ0v) is 16.7. The van der Waals surface area contributed by atoms with Crippen molar-refractivity contribution in [3.63, 3.8) is 0 Å². The van der Waals surface area contributed by atoms with Crippen LogP contribution in [0.5, 0.6) is 11.5 Å². The maximum absolute atomic E-state index is 12.9. The molecule has 5 heteroatoms. The minimum absolute atomic E-state index is 0.114. The standard InChI is InChI=1S/C24H25NO4/c1-3-13-29-20-12-11-15(14-21(20)28-4-2)22-23-16(7-5-9-18(23)26)25-17-8-6-10-19(27)24(17)22/h1,11-12,14,22-23H,4-10,13H2,2H3/t22-,23?/m1/s1. The Kier molecular flexibility index (Phi) is 5.53. The van der Waals surface area contributed by atoms with E-state index in [2.05, 4.69) is 5.92 Å². The smallest absolute Gasteiger partial charge is 0.162 e. The molecule has 0 N–H and O–H groups in total. The maximum Gasteiger partial charge on any atom is 0.162 e. The van der Waals surface area contributed by atoms with E-state index in [1.807, 2.05) is 25.1 Å². The van der Waals surface area contributed by atoms with E-state index in [-0.39, 0.29) is 30.0 Å². The molecule has 5 nitrogen and oxygen atoms in total. The number of carbonyl (C=O) groups excluding carboxylic acids is 2. The summed E-state index contributed by atoms with van der Waals surface area (Å²) in [5, 5.41) is 0. The van der Waals surface area contributed by atoms with E-state index < -0.39 is 0 Å². The van der Waals surface area contributed by atoms with Gasteiger partial charge in [-0.05, 0) is 50.3 Å². The lowest BCUT2D eigenvalue weighted by Crippen LogP contribution is -2.39. The summed E-state index contributed by atoms with van der Waals surface area (Å²) in [4.78, 5) is 30.6. The molecule has 0 aromatic heterocycles. The molecule has 29 heavy (non-hydrogen) atoms. The molecule has 1 fully saturated rings. The number of aliphatic imine (C=N–C) groups is 1. The van der Waals surface area contributed by atoms with Gasteiger partial charge in [0.05, 0.1) is 12.5 Å². The van der Waals surface area contributed by atoms with Crippen molar-refractivity contribution >= 4 is 17.3 Å². The summed E-state index contributed by atoms with van der Waals surface area (Å²) in [6.07, 6.45) is 9.64. The highest BCUT2D eigenvalue weighted by molar-refractivity contribution is 6.12. The number of rotatable bonds is 5. The van der Waals surface area contributed by atoms with Crippen LogP contribution in [0.3, 0.4) is 0 Å². The summed E-state index contributed by atoms with van der Waals surface area (Å²) in [7, 11) is 0. The monoisotopic (exact) mass is 391 g/mol. The van der Waals surface area contributed by atoms with Gasteiger partial charge in [0.2, 0.25) is 0 Å². The van der Waals surface area contributed by atoms with Gasteiger partial charge < -0.3 is 9.47 Å². The lowest BCUT2D eigenvalue weighted by molar-refractivity contribution is -0.122. The highest BCUT2D eigenvalue weighted by Gasteiger charge is 2.44. The molecule has 1 aliphatic heterocycles. The van der Waals surface area contributed by atoms with Gasteiger partial charge in [0.1, 0.15) is 12.4 Å². The number of ketones is 2. The van der Waals surface area contributed by atoms with Crippen LogP contribution >= 0.6 is 0 Å². The first kappa shape index (κ1) is 19.4. The number of Topliss-reactive ketones (excluding diaryl/α,β-unsaturated/α-hetero) is 2. The van der Waals surface area contributed by atoms with E-state index in [1.54, 1.807) is 0 Å². The predicted octanol–water partition coefficient (Wildman–Crippen LogP) is 4.01. The number of allylic oxidation sites excluding steroid dienone is 2. The second-order valence-corrected chi connectivity index (χ2v) is 7.65. The molecule has 0 spiro atoms. The van der Waals surface area contributed by atoms with E-state index in [1.165, 1.54) is 0 Å². The van der Waals surface area contributed by atoms with Crippen LogP contribution < -0.4 is 9.47 Å². The third kappa shape index (κ3) is 3.60. The fourth-order valence-electron chi connectivity index (χ4n) is 4.68. The van der Waals surface area contributed by atoms with Gasteiger partial charge in [0, 0.05) is 35.7 Å². The highest BCUT2D eigenvalue weighted by atomic mass is 16.5. The molecule has 0 saturated heterocycles. The number of terminal acetylenes is 1. The fourth-order valence-corrected chi connectivity index (χ4v) is 4.68. The number of carbonyl (C=O) groups is 2. The fraction of sp³-hybridized carbons (Fsp3) is 0.458. The molecule has 2 atom stereocenters. The summed E-state index contributed by atoms with van der Waals surface area (Å²) in [5.74, 6) is 3.26. The Hall–Kier alpha value is -2.87. The lowest BCUT2D eigenvalue weighted by atomic mass is 9.67. The number of fused-ring (bicyclic) bond motifs is 1. The minimum atomic E-state index is -0.350. The van der Waals surface area contributed by atoms with E-state index in [0.717, 1.165) is 48.2 Å². The van der Waals surface area contributed by atoms with Gasteiger partial charge in [-0.3, -0.25) is 14.6 Å². The van der Waals surface area contributed by atoms with Crippen molar-refractivity contribution in [2.24, 2.45) is 10.9 Å². The molecule has 1 saturated carbocycles. The summed E-state index contributed by atoms with van der Waals surface area (Å²) in [6, 6.07) is 5.65.